The lowest BCUT2D eigenvalue weighted by atomic mass is 10.1. The number of rotatable bonds is 4. The second-order valence-electron chi connectivity index (χ2n) is 4.59. The number of nitrogens with zero attached hydrogens (tertiary/aromatic N) is 3. The van der Waals surface area contributed by atoms with Crippen molar-refractivity contribution in [1.29, 1.82) is 5.26 Å². The highest BCUT2D eigenvalue weighted by molar-refractivity contribution is 7.98. The smallest absolute Gasteiger partial charge is 0.277 e. The molecule has 0 spiro atoms. The number of nitriles is 1. The minimum Gasteiger partial charge on any atom is -0.411 e. The van der Waals surface area contributed by atoms with E-state index in [0.29, 0.717) is 33.0 Å². The first-order valence-electron chi connectivity index (χ1n) is 6.56. The van der Waals surface area contributed by atoms with Gasteiger partial charge in [0.25, 0.3) is 5.22 Å². The summed E-state index contributed by atoms with van der Waals surface area (Å²) < 4.78 is 19.3. The molecular weight excluding hydrogens is 337 g/mol. The van der Waals surface area contributed by atoms with Crippen molar-refractivity contribution in [3.05, 3.63) is 64.4 Å². The van der Waals surface area contributed by atoms with Gasteiger partial charge in [-0.25, -0.2) is 4.39 Å². The SMILES string of the molecule is N#Cc1ccc(F)c(CSc2nnc(-c3cccc(Cl)c3)o2)c1. The fourth-order valence-corrected chi connectivity index (χ4v) is 2.83. The molecule has 0 aliphatic rings. The predicted molar refractivity (Wildman–Crippen MR) is 85.4 cm³/mol. The third-order valence-electron chi connectivity index (χ3n) is 3.00. The molecule has 2 aromatic carbocycles. The van der Waals surface area contributed by atoms with Gasteiger partial charge in [0.1, 0.15) is 5.82 Å². The van der Waals surface area contributed by atoms with Crippen LogP contribution < -0.4 is 0 Å². The number of thioether (sulfide) groups is 1. The molecule has 7 heteroatoms. The van der Waals surface area contributed by atoms with E-state index < -0.39 is 0 Å². The molecule has 3 rings (SSSR count). The third kappa shape index (κ3) is 3.70. The van der Waals surface area contributed by atoms with Crippen LogP contribution in [0.15, 0.2) is 52.1 Å². The van der Waals surface area contributed by atoms with Crippen LogP contribution in [-0.2, 0) is 5.75 Å². The summed E-state index contributed by atoms with van der Waals surface area (Å²) in [5, 5.41) is 17.6. The normalized spacial score (nSPS) is 10.5. The molecule has 4 nitrogen and oxygen atoms in total. The Balaban J connectivity index is 1.74. The summed E-state index contributed by atoms with van der Waals surface area (Å²) in [6, 6.07) is 13.3. The molecule has 1 aromatic heterocycles. The zero-order valence-corrected chi connectivity index (χ0v) is 13.2. The Morgan fingerprint density at radius 1 is 1.22 bits per heavy atom. The van der Waals surface area contributed by atoms with Crippen molar-refractivity contribution in [1.82, 2.24) is 10.2 Å². The highest BCUT2D eigenvalue weighted by Gasteiger charge is 2.11. The molecule has 0 saturated heterocycles. The van der Waals surface area contributed by atoms with E-state index in [1.807, 2.05) is 12.1 Å². The fraction of sp³-hybridized carbons (Fsp3) is 0.0625. The van der Waals surface area contributed by atoms with Crippen molar-refractivity contribution in [3.8, 4) is 17.5 Å². The molecular formula is C16H9ClFN3OS. The molecule has 23 heavy (non-hydrogen) atoms. The Hall–Kier alpha value is -2.36. The fourth-order valence-electron chi connectivity index (χ4n) is 1.90. The minimum absolute atomic E-state index is 0.290. The zero-order valence-electron chi connectivity index (χ0n) is 11.7. The third-order valence-corrected chi connectivity index (χ3v) is 4.11. The molecule has 0 atom stereocenters. The number of hydrogen-bond acceptors (Lipinski definition) is 5. The van der Waals surface area contributed by atoms with Gasteiger partial charge in [-0.1, -0.05) is 29.4 Å². The van der Waals surface area contributed by atoms with Crippen molar-refractivity contribution < 1.29 is 8.81 Å². The first kappa shape index (κ1) is 15.5. The molecule has 114 valence electrons. The Labute approximate surface area is 140 Å². The Bertz CT molecular complexity index is 891. The van der Waals surface area contributed by atoms with Gasteiger partial charge in [0.05, 0.1) is 11.6 Å². The molecule has 0 bridgehead atoms. The molecule has 3 aromatic rings. The van der Waals surface area contributed by atoms with Gasteiger partial charge < -0.3 is 4.42 Å². The van der Waals surface area contributed by atoms with E-state index in [1.165, 1.54) is 30.0 Å². The van der Waals surface area contributed by atoms with Crippen LogP contribution in [0.2, 0.25) is 5.02 Å². The molecule has 0 radical (unpaired) electrons. The van der Waals surface area contributed by atoms with Crippen LogP contribution in [-0.4, -0.2) is 10.2 Å². The quantitative estimate of drug-likeness (QED) is 0.642. The van der Waals surface area contributed by atoms with Gasteiger partial charge >= 0.3 is 0 Å². The second kappa shape index (κ2) is 6.82. The highest BCUT2D eigenvalue weighted by atomic mass is 35.5. The van der Waals surface area contributed by atoms with Gasteiger partial charge in [-0.15, -0.1) is 10.2 Å². The van der Waals surface area contributed by atoms with E-state index >= 15 is 0 Å². The van der Waals surface area contributed by atoms with E-state index in [1.54, 1.807) is 18.2 Å². The average Bonchev–Trinajstić information content (AvgIpc) is 3.03. The van der Waals surface area contributed by atoms with Crippen LogP contribution in [0.1, 0.15) is 11.1 Å². The molecule has 0 fully saturated rings. The highest BCUT2D eigenvalue weighted by Crippen LogP contribution is 2.27. The Kier molecular flexibility index (Phi) is 4.60. The number of halogens is 2. The number of hydrogen-bond donors (Lipinski definition) is 0. The predicted octanol–water partition coefficient (Wildman–Crippen LogP) is 4.69. The van der Waals surface area contributed by atoms with Gasteiger partial charge in [0.15, 0.2) is 0 Å². The lowest BCUT2D eigenvalue weighted by molar-refractivity contribution is 0.465. The van der Waals surface area contributed by atoms with Gasteiger partial charge in [-0.3, -0.25) is 0 Å². The standard InChI is InChI=1S/C16H9ClFN3OS/c17-13-3-1-2-11(7-13)15-20-21-16(22-15)23-9-12-6-10(8-19)4-5-14(12)18/h1-7H,9H2. The van der Waals surface area contributed by atoms with Crippen LogP contribution in [0.3, 0.4) is 0 Å². The summed E-state index contributed by atoms with van der Waals surface area (Å²) >= 11 is 7.13. The van der Waals surface area contributed by atoms with Crippen molar-refractivity contribution in [3.63, 3.8) is 0 Å². The summed E-state index contributed by atoms with van der Waals surface area (Å²) in [6.07, 6.45) is 0. The number of aromatic nitrogens is 2. The van der Waals surface area contributed by atoms with E-state index in [-0.39, 0.29) is 5.82 Å². The molecule has 1 heterocycles. The van der Waals surface area contributed by atoms with Gasteiger partial charge in [0.2, 0.25) is 5.89 Å². The molecule has 0 aliphatic carbocycles. The first-order valence-corrected chi connectivity index (χ1v) is 7.93. The molecule has 0 saturated carbocycles. The number of benzene rings is 2. The summed E-state index contributed by atoms with van der Waals surface area (Å²) in [6.45, 7) is 0. The molecule has 0 unspecified atom stereocenters. The maximum atomic E-state index is 13.7. The topological polar surface area (TPSA) is 62.7 Å². The van der Waals surface area contributed by atoms with Gasteiger partial charge in [0, 0.05) is 16.3 Å². The second-order valence-corrected chi connectivity index (χ2v) is 5.95. The Morgan fingerprint density at radius 3 is 2.87 bits per heavy atom. The van der Waals surface area contributed by atoms with E-state index in [0.717, 1.165) is 5.56 Å². The first-order chi connectivity index (χ1) is 11.2. The van der Waals surface area contributed by atoms with Crippen molar-refractivity contribution in [2.45, 2.75) is 11.0 Å². The average molecular weight is 346 g/mol. The van der Waals surface area contributed by atoms with E-state index in [9.17, 15) is 4.39 Å². The monoisotopic (exact) mass is 345 g/mol. The minimum atomic E-state index is -0.369. The summed E-state index contributed by atoms with van der Waals surface area (Å²) in [5.74, 6) is 0.269. The largest absolute Gasteiger partial charge is 0.411 e. The van der Waals surface area contributed by atoms with Crippen molar-refractivity contribution in [2.24, 2.45) is 0 Å². The van der Waals surface area contributed by atoms with E-state index in [4.69, 9.17) is 21.3 Å². The van der Waals surface area contributed by atoms with Crippen LogP contribution in [0, 0.1) is 17.1 Å². The van der Waals surface area contributed by atoms with Crippen molar-refractivity contribution in [2.75, 3.05) is 0 Å². The molecule has 0 N–H and O–H groups in total. The van der Waals surface area contributed by atoms with Crippen molar-refractivity contribution >= 4 is 23.4 Å². The van der Waals surface area contributed by atoms with Gasteiger partial charge in [-0.05, 0) is 42.0 Å². The van der Waals surface area contributed by atoms with Crippen LogP contribution in [0.4, 0.5) is 4.39 Å². The summed E-state index contributed by atoms with van der Waals surface area (Å²) in [5.41, 5.74) is 1.54. The van der Waals surface area contributed by atoms with Crippen LogP contribution >= 0.6 is 23.4 Å². The Morgan fingerprint density at radius 2 is 2.09 bits per heavy atom. The van der Waals surface area contributed by atoms with Gasteiger partial charge in [-0.2, -0.15) is 5.26 Å². The molecule has 0 aliphatic heterocycles. The van der Waals surface area contributed by atoms with Crippen LogP contribution in [0.5, 0.6) is 0 Å². The summed E-state index contributed by atoms with van der Waals surface area (Å²) in [7, 11) is 0. The molecule has 0 amide bonds. The lowest BCUT2D eigenvalue weighted by Gasteiger charge is -2.01. The zero-order chi connectivity index (χ0) is 16.2. The van der Waals surface area contributed by atoms with Crippen LogP contribution in [0.25, 0.3) is 11.5 Å². The van der Waals surface area contributed by atoms with E-state index in [2.05, 4.69) is 10.2 Å². The summed E-state index contributed by atoms with van der Waals surface area (Å²) in [4.78, 5) is 0. The lowest BCUT2D eigenvalue weighted by Crippen LogP contribution is -1.89. The maximum Gasteiger partial charge on any atom is 0.277 e. The maximum absolute atomic E-state index is 13.7.